The summed E-state index contributed by atoms with van der Waals surface area (Å²) in [6.45, 7) is -0.339. The molecule has 0 aromatic rings. The number of hydrogen-bond donors (Lipinski definition) is 21. The van der Waals surface area contributed by atoms with Crippen molar-refractivity contribution in [2.75, 3.05) is 59.2 Å². The van der Waals surface area contributed by atoms with Crippen LogP contribution in [0.2, 0.25) is 0 Å². The van der Waals surface area contributed by atoms with E-state index >= 15 is 0 Å². The number of rotatable bonds is 23. The number of ether oxygens (including phenoxy) is 14. The van der Waals surface area contributed by atoms with Gasteiger partial charge in [-0.15, -0.1) is 0 Å². The van der Waals surface area contributed by atoms with Crippen LogP contribution in [-0.4, -0.2) is 371 Å². The fourth-order valence-corrected chi connectivity index (χ4v) is 13.0. The van der Waals surface area contributed by atoms with E-state index in [-0.39, 0.29) is 13.1 Å². The molecule has 0 radical (unpaired) electrons. The predicted octanol–water partition coefficient (Wildman–Crippen LogP) is -9.32. The molecule has 21 heterocycles. The second-order valence-corrected chi connectivity index (χ2v) is 25.2. The summed E-state index contributed by atoms with van der Waals surface area (Å²) < 4.78 is 83.6. The van der Waals surface area contributed by atoms with Gasteiger partial charge in [0.1, 0.15) is 171 Å². The van der Waals surface area contributed by atoms with Crippen LogP contribution < -0.4 is 10.6 Å². The highest BCUT2D eigenvalue weighted by Gasteiger charge is 2.59. The monoisotopic (exact) mass is 1360 g/mol. The van der Waals surface area contributed by atoms with Gasteiger partial charge in [0.05, 0.1) is 33.0 Å². The molecule has 0 aromatic heterocycles. The van der Waals surface area contributed by atoms with E-state index in [1.54, 1.807) is 0 Å². The van der Waals surface area contributed by atoms with Crippen molar-refractivity contribution in [3.8, 4) is 0 Å². The number of aliphatic hydroxyl groups is 19. The molecule has 0 aliphatic carbocycles. The van der Waals surface area contributed by atoms with E-state index < -0.39 is 248 Å². The Bertz CT molecular complexity index is 2100. The number of nitrogens with one attached hydrogen (secondary N) is 2. The van der Waals surface area contributed by atoms with E-state index in [0.29, 0.717) is 25.9 Å². The zero-order valence-electron chi connectivity index (χ0n) is 52.3. The smallest absolute Gasteiger partial charge is 0.187 e. The van der Waals surface area contributed by atoms with E-state index in [4.69, 9.17) is 66.3 Å². The highest BCUT2D eigenvalue weighted by Crippen LogP contribution is 2.39. The Labute approximate surface area is 537 Å². The maximum atomic E-state index is 11.9. The Kier molecular flexibility index (Phi) is 30.6. The number of aliphatic hydroxyl groups excluding tert-OH is 19. The average Bonchev–Trinajstić information content (AvgIpc) is 0.795. The van der Waals surface area contributed by atoms with Gasteiger partial charge in [0, 0.05) is 13.1 Å². The van der Waals surface area contributed by atoms with Crippen LogP contribution >= 0.6 is 0 Å². The summed E-state index contributed by atoms with van der Waals surface area (Å²) in [5, 5.41) is 223. The fourth-order valence-electron chi connectivity index (χ4n) is 13.0. The van der Waals surface area contributed by atoms with Gasteiger partial charge in [-0.1, -0.05) is 78.1 Å². The zero-order valence-corrected chi connectivity index (χ0v) is 52.3. The minimum Gasteiger partial charge on any atom is -0.394 e. The summed E-state index contributed by atoms with van der Waals surface area (Å²) >= 11 is 0. The first-order valence-electron chi connectivity index (χ1n) is 32.8. The lowest BCUT2D eigenvalue weighted by molar-refractivity contribution is -0.395. The molecule has 0 saturated carbocycles. The topological polar surface area (TPSA) is 538 Å². The molecule has 93 heavy (non-hydrogen) atoms. The molecule has 21 fully saturated rings. The molecule has 21 aliphatic rings. The Morgan fingerprint density at radius 3 is 0.581 bits per heavy atom. The van der Waals surface area contributed by atoms with Crippen molar-refractivity contribution >= 4 is 0 Å². The molecule has 0 amide bonds. The lowest BCUT2D eigenvalue weighted by Crippen LogP contribution is -2.68. The van der Waals surface area contributed by atoms with Crippen LogP contribution in [0.1, 0.15) is 90.9 Å². The second-order valence-electron chi connectivity index (χ2n) is 25.2. The Morgan fingerprint density at radius 2 is 0.387 bits per heavy atom. The second kappa shape index (κ2) is 36.8. The first-order valence-corrected chi connectivity index (χ1v) is 32.8. The van der Waals surface area contributed by atoms with Crippen molar-refractivity contribution in [3.05, 3.63) is 0 Å². The van der Waals surface area contributed by atoms with Gasteiger partial charge in [-0.05, 0) is 25.9 Å². The average molecular weight is 1360 g/mol. The van der Waals surface area contributed by atoms with Crippen LogP contribution in [0.25, 0.3) is 0 Å². The molecule has 21 N–H and O–H groups in total. The highest BCUT2D eigenvalue weighted by atomic mass is 16.8. The SMILES string of the molecule is CCCCCCCCNC[C@H]1O[C@@H]2O[C@H]3[C@H](O)[C@@H](O)[C@@H](O[C@H]4[C@H](O)[C@@H](O)[C@@H](O[C@H]5[C@H](O)[C@@H](O)[C@@H](O[C@H]6[C@H](O)[C@@H](O)[C@@H](O[C@H]7[C@H](O)[C@@H](O)[C@@H](O[C@H]8[C@H](O)[C@@H](O)[C@@H](O[C@H]1[C@H](O)[C@H]2O)O[C@@H]8CO)O[C@@H]7CO)O[C@@H]6CO)O[C@@H]5CNCCCCCCCC)O[C@@H]4CO)O[C@@H]3CO. The third-order valence-electron chi connectivity index (χ3n) is 18.5. The zero-order chi connectivity index (χ0) is 67.4. The van der Waals surface area contributed by atoms with Gasteiger partial charge in [0.15, 0.2) is 44.0 Å². The summed E-state index contributed by atoms with van der Waals surface area (Å²) in [6, 6.07) is 0. The van der Waals surface area contributed by atoms with Crippen LogP contribution in [-0.2, 0) is 66.3 Å². The van der Waals surface area contributed by atoms with Crippen molar-refractivity contribution in [2.45, 2.75) is 306 Å². The summed E-state index contributed by atoms with van der Waals surface area (Å²) in [5.74, 6) is 0. The van der Waals surface area contributed by atoms with E-state index in [1.165, 1.54) is 0 Å². The van der Waals surface area contributed by atoms with Crippen molar-refractivity contribution in [3.63, 3.8) is 0 Å². The molecular formula is C58H104N2O33. The van der Waals surface area contributed by atoms with E-state index in [1.807, 2.05) is 0 Å². The maximum absolute atomic E-state index is 11.9. The first-order chi connectivity index (χ1) is 44.7. The van der Waals surface area contributed by atoms with Gasteiger partial charge in [0.25, 0.3) is 0 Å². The third-order valence-corrected chi connectivity index (χ3v) is 18.5. The lowest BCUT2D eigenvalue weighted by Gasteiger charge is -2.50. The minimum absolute atomic E-state index is 0.168. The summed E-state index contributed by atoms with van der Waals surface area (Å²) in [5.41, 5.74) is 0. The molecule has 14 bridgehead atoms. The van der Waals surface area contributed by atoms with Gasteiger partial charge in [0.2, 0.25) is 0 Å². The van der Waals surface area contributed by atoms with Crippen molar-refractivity contribution < 1.29 is 163 Å². The highest BCUT2D eigenvalue weighted by molar-refractivity contribution is 5.02. The maximum Gasteiger partial charge on any atom is 0.187 e. The molecule has 35 atom stereocenters. The molecule has 21 rings (SSSR count). The van der Waals surface area contributed by atoms with Crippen LogP contribution in [0, 0.1) is 0 Å². The molecule has 35 heteroatoms. The molecule has 0 unspecified atom stereocenters. The third kappa shape index (κ3) is 18.4. The molecule has 0 aromatic carbocycles. The van der Waals surface area contributed by atoms with Crippen molar-refractivity contribution in [1.29, 1.82) is 0 Å². The van der Waals surface area contributed by atoms with Crippen LogP contribution in [0.4, 0.5) is 0 Å². The molecule has 21 saturated heterocycles. The quantitative estimate of drug-likeness (QED) is 0.0423. The van der Waals surface area contributed by atoms with Gasteiger partial charge in [-0.25, -0.2) is 0 Å². The lowest BCUT2D eigenvalue weighted by atomic mass is 9.95. The predicted molar refractivity (Wildman–Crippen MR) is 307 cm³/mol. The Morgan fingerprint density at radius 1 is 0.215 bits per heavy atom. The van der Waals surface area contributed by atoms with Crippen molar-refractivity contribution in [2.24, 2.45) is 0 Å². The van der Waals surface area contributed by atoms with E-state index in [0.717, 1.165) is 64.2 Å². The van der Waals surface area contributed by atoms with Gasteiger partial charge >= 0.3 is 0 Å². The van der Waals surface area contributed by atoms with Crippen LogP contribution in [0.15, 0.2) is 0 Å². The summed E-state index contributed by atoms with van der Waals surface area (Å²) in [4.78, 5) is 0. The fraction of sp³-hybridized carbons (Fsp3) is 1.00. The Balaban J connectivity index is 1.09. The molecule has 35 nitrogen and oxygen atoms in total. The number of hydrogen-bond acceptors (Lipinski definition) is 35. The standard InChI is InChI=1S/C58H104N2O33/c1-3-5-7-9-11-13-15-59-17-24-45-32(67)39(74)53(81-24)90-48-27(20-62)85-57(43(78)36(48)71)93-51-30(23-65)86-58(44(79)37(51)72)92-50-29(22-64)83-55(41(76)34(50)69)88-46-25(18-60-16-14-12-10-8-6-4-2)80-52(38(73)31(46)66)89-47-26(19-61)84-56(42(77)35(47)70)91-49-28(21-63)82-54(87-45)40(75)33(49)68/h24-79H,3-23H2,1-2H3/t24-,25-,26-,27-,28-,29-,30-,31-,32-,33-,34-,35-,36-,37-,38-,39-,40-,41-,42-,43-,44-,45-,46-,47-,48-,49-,50-,51-,52-,53-,54-,55-,56-,57-,58-/m1/s1. The normalized spacial score (nSPS) is 47.9. The van der Waals surface area contributed by atoms with E-state index in [2.05, 4.69) is 24.5 Å². The van der Waals surface area contributed by atoms with Gasteiger partial charge < -0.3 is 174 Å². The number of unbranched alkanes of at least 4 members (excludes halogenated alkanes) is 10. The largest absolute Gasteiger partial charge is 0.394 e. The molecule has 544 valence electrons. The van der Waals surface area contributed by atoms with Crippen LogP contribution in [0.3, 0.4) is 0 Å². The first kappa shape index (κ1) is 77.3. The van der Waals surface area contributed by atoms with Crippen LogP contribution in [0.5, 0.6) is 0 Å². The Hall–Kier alpha value is -1.40. The molecular weight excluding hydrogens is 1250 g/mol. The molecule has 21 aliphatic heterocycles. The van der Waals surface area contributed by atoms with E-state index in [9.17, 15) is 97.0 Å². The van der Waals surface area contributed by atoms with Crippen molar-refractivity contribution in [1.82, 2.24) is 10.6 Å². The summed E-state index contributed by atoms with van der Waals surface area (Å²) in [6.07, 6.45) is -55.9. The summed E-state index contributed by atoms with van der Waals surface area (Å²) in [7, 11) is 0. The van der Waals surface area contributed by atoms with Gasteiger partial charge in [-0.2, -0.15) is 0 Å². The minimum atomic E-state index is -2.18. The molecule has 0 spiro atoms. The van der Waals surface area contributed by atoms with Gasteiger partial charge in [-0.3, -0.25) is 0 Å².